The van der Waals surface area contributed by atoms with Gasteiger partial charge in [-0.05, 0) is 12.8 Å². The zero-order chi connectivity index (χ0) is 15.5. The summed E-state index contributed by atoms with van der Waals surface area (Å²) in [5, 5.41) is 0. The Kier molecular flexibility index (Phi) is 8.16. The Labute approximate surface area is 125 Å². The number of carbonyl (C=O) groups excluding carboxylic acids is 2. The Morgan fingerprint density at radius 2 is 1.57 bits per heavy atom. The van der Waals surface area contributed by atoms with Crippen LogP contribution in [-0.2, 0) is 9.47 Å². The van der Waals surface area contributed by atoms with E-state index in [1.807, 2.05) is 0 Å². The van der Waals surface area contributed by atoms with Crippen LogP contribution in [0.3, 0.4) is 0 Å². The second-order valence-corrected chi connectivity index (χ2v) is 4.81. The standard InChI is InChI=1S/C15H24N2O4/c1-3-5-7-9-20-14(18)12-13(17-11-16-12)15(19)21-10-8-6-4-2/h11H,3-10H2,1-2H3,(H,16,17). The molecule has 6 nitrogen and oxygen atoms in total. The SMILES string of the molecule is CCCCCOC(=O)c1nc[nH]c1C(=O)OCCCCC. The molecule has 0 unspecified atom stereocenters. The van der Waals surface area contributed by atoms with Crippen LogP contribution in [0.2, 0.25) is 0 Å². The molecule has 0 bridgehead atoms. The molecule has 0 aliphatic heterocycles. The number of hydrogen-bond acceptors (Lipinski definition) is 5. The van der Waals surface area contributed by atoms with E-state index < -0.39 is 11.9 Å². The molecule has 118 valence electrons. The van der Waals surface area contributed by atoms with Crippen molar-refractivity contribution in [2.24, 2.45) is 0 Å². The van der Waals surface area contributed by atoms with Gasteiger partial charge in [-0.25, -0.2) is 14.6 Å². The number of H-pyrrole nitrogens is 1. The summed E-state index contributed by atoms with van der Waals surface area (Å²) in [5.41, 5.74) is 0.0546. The third-order valence-corrected chi connectivity index (χ3v) is 3.00. The lowest BCUT2D eigenvalue weighted by Crippen LogP contribution is -2.15. The van der Waals surface area contributed by atoms with Crippen LogP contribution < -0.4 is 0 Å². The van der Waals surface area contributed by atoms with Gasteiger partial charge in [0.2, 0.25) is 0 Å². The summed E-state index contributed by atoms with van der Waals surface area (Å²) < 4.78 is 10.2. The second-order valence-electron chi connectivity index (χ2n) is 4.81. The predicted molar refractivity (Wildman–Crippen MR) is 78.2 cm³/mol. The van der Waals surface area contributed by atoms with Gasteiger partial charge < -0.3 is 14.5 Å². The Morgan fingerprint density at radius 1 is 1.00 bits per heavy atom. The van der Waals surface area contributed by atoms with Crippen molar-refractivity contribution in [1.82, 2.24) is 9.97 Å². The maximum atomic E-state index is 11.9. The van der Waals surface area contributed by atoms with E-state index in [1.165, 1.54) is 6.33 Å². The largest absolute Gasteiger partial charge is 0.461 e. The van der Waals surface area contributed by atoms with Gasteiger partial charge in [-0.2, -0.15) is 0 Å². The van der Waals surface area contributed by atoms with Crippen LogP contribution in [0.15, 0.2) is 6.33 Å². The molecule has 0 saturated carbocycles. The highest BCUT2D eigenvalue weighted by Crippen LogP contribution is 2.08. The van der Waals surface area contributed by atoms with Crippen LogP contribution in [0.5, 0.6) is 0 Å². The third-order valence-electron chi connectivity index (χ3n) is 3.00. The van der Waals surface area contributed by atoms with Crippen molar-refractivity contribution in [2.45, 2.75) is 52.4 Å². The van der Waals surface area contributed by atoms with Gasteiger partial charge in [-0.3, -0.25) is 0 Å². The zero-order valence-corrected chi connectivity index (χ0v) is 12.8. The molecule has 1 aromatic heterocycles. The highest BCUT2D eigenvalue weighted by Gasteiger charge is 2.22. The van der Waals surface area contributed by atoms with E-state index in [4.69, 9.17) is 9.47 Å². The first-order valence-electron chi connectivity index (χ1n) is 7.58. The second kappa shape index (κ2) is 9.96. The van der Waals surface area contributed by atoms with E-state index in [0.717, 1.165) is 38.5 Å². The van der Waals surface area contributed by atoms with Crippen LogP contribution >= 0.6 is 0 Å². The highest BCUT2D eigenvalue weighted by atomic mass is 16.5. The van der Waals surface area contributed by atoms with Gasteiger partial charge in [0.1, 0.15) is 0 Å². The molecule has 0 aliphatic carbocycles. The van der Waals surface area contributed by atoms with Gasteiger partial charge >= 0.3 is 11.9 Å². The Balaban J connectivity index is 2.47. The highest BCUT2D eigenvalue weighted by molar-refractivity contribution is 6.00. The molecule has 0 aromatic carbocycles. The molecule has 0 saturated heterocycles. The maximum Gasteiger partial charge on any atom is 0.359 e. The van der Waals surface area contributed by atoms with E-state index in [2.05, 4.69) is 23.8 Å². The average Bonchev–Trinajstić information content (AvgIpc) is 2.97. The monoisotopic (exact) mass is 296 g/mol. The number of ether oxygens (including phenoxy) is 2. The molecule has 1 aromatic rings. The van der Waals surface area contributed by atoms with E-state index in [1.54, 1.807) is 0 Å². The summed E-state index contributed by atoms with van der Waals surface area (Å²) in [5.74, 6) is -1.16. The van der Waals surface area contributed by atoms with Crippen molar-refractivity contribution in [3.63, 3.8) is 0 Å². The molecule has 21 heavy (non-hydrogen) atoms. The van der Waals surface area contributed by atoms with Crippen molar-refractivity contribution in [3.8, 4) is 0 Å². The lowest BCUT2D eigenvalue weighted by molar-refractivity contribution is 0.0443. The molecule has 1 rings (SSSR count). The van der Waals surface area contributed by atoms with Crippen molar-refractivity contribution < 1.29 is 19.1 Å². The molecular formula is C15H24N2O4. The molecule has 0 fully saturated rings. The summed E-state index contributed by atoms with van der Waals surface area (Å²) in [6.45, 7) is 4.83. The molecule has 6 heteroatoms. The van der Waals surface area contributed by atoms with Crippen LogP contribution in [0.1, 0.15) is 73.3 Å². The first-order valence-corrected chi connectivity index (χ1v) is 7.58. The number of rotatable bonds is 10. The van der Waals surface area contributed by atoms with Crippen molar-refractivity contribution in [3.05, 3.63) is 17.7 Å². The smallest absolute Gasteiger partial charge is 0.359 e. The van der Waals surface area contributed by atoms with E-state index in [0.29, 0.717) is 13.2 Å². The molecule has 1 N–H and O–H groups in total. The number of carbonyl (C=O) groups is 2. The maximum absolute atomic E-state index is 11.9. The number of aromatic nitrogens is 2. The van der Waals surface area contributed by atoms with Gasteiger partial charge in [-0.15, -0.1) is 0 Å². The van der Waals surface area contributed by atoms with Crippen LogP contribution in [0.4, 0.5) is 0 Å². The number of aromatic amines is 1. The lowest BCUT2D eigenvalue weighted by Gasteiger charge is -2.05. The predicted octanol–water partition coefficient (Wildman–Crippen LogP) is 3.10. The average molecular weight is 296 g/mol. The summed E-state index contributed by atoms with van der Waals surface area (Å²) >= 11 is 0. The summed E-state index contributed by atoms with van der Waals surface area (Å²) in [4.78, 5) is 30.2. The number of hydrogen-bond donors (Lipinski definition) is 1. The number of esters is 2. The number of nitrogens with one attached hydrogen (secondary N) is 1. The quantitative estimate of drug-likeness (QED) is 0.530. The van der Waals surface area contributed by atoms with Gasteiger partial charge in [0, 0.05) is 0 Å². The minimum atomic E-state index is -0.590. The number of nitrogens with zero attached hydrogens (tertiary/aromatic N) is 1. The van der Waals surface area contributed by atoms with Crippen molar-refractivity contribution in [2.75, 3.05) is 13.2 Å². The molecular weight excluding hydrogens is 272 g/mol. The summed E-state index contributed by atoms with van der Waals surface area (Å²) in [7, 11) is 0. The molecule has 0 radical (unpaired) electrons. The van der Waals surface area contributed by atoms with Gasteiger partial charge in [0.05, 0.1) is 19.5 Å². The minimum absolute atomic E-state index is 0.00742. The normalized spacial score (nSPS) is 10.4. The topological polar surface area (TPSA) is 81.3 Å². The summed E-state index contributed by atoms with van der Waals surface area (Å²) in [6.07, 6.45) is 7.02. The fourth-order valence-corrected chi connectivity index (χ4v) is 1.78. The zero-order valence-electron chi connectivity index (χ0n) is 12.8. The van der Waals surface area contributed by atoms with Gasteiger partial charge in [-0.1, -0.05) is 39.5 Å². The Hall–Kier alpha value is -1.85. The van der Waals surface area contributed by atoms with E-state index >= 15 is 0 Å². The molecule has 1 heterocycles. The first-order chi connectivity index (χ1) is 10.2. The van der Waals surface area contributed by atoms with E-state index in [9.17, 15) is 9.59 Å². The molecule has 0 atom stereocenters. The minimum Gasteiger partial charge on any atom is -0.461 e. The number of imidazole rings is 1. The molecule has 0 amide bonds. The Bertz CT molecular complexity index is 404. The fraction of sp³-hybridized carbons (Fsp3) is 0.667. The van der Waals surface area contributed by atoms with Crippen molar-refractivity contribution in [1.29, 1.82) is 0 Å². The lowest BCUT2D eigenvalue weighted by atomic mass is 10.2. The first kappa shape index (κ1) is 17.2. The van der Waals surface area contributed by atoms with Crippen LogP contribution in [0.25, 0.3) is 0 Å². The fourth-order valence-electron chi connectivity index (χ4n) is 1.78. The van der Waals surface area contributed by atoms with Crippen LogP contribution in [-0.4, -0.2) is 35.1 Å². The van der Waals surface area contributed by atoms with Gasteiger partial charge in [0.15, 0.2) is 11.4 Å². The van der Waals surface area contributed by atoms with E-state index in [-0.39, 0.29) is 11.4 Å². The third kappa shape index (κ3) is 5.97. The molecule has 0 spiro atoms. The molecule has 0 aliphatic rings. The summed E-state index contributed by atoms with van der Waals surface area (Å²) in [6, 6.07) is 0. The van der Waals surface area contributed by atoms with Gasteiger partial charge in [0.25, 0.3) is 0 Å². The van der Waals surface area contributed by atoms with Crippen molar-refractivity contribution >= 4 is 11.9 Å². The number of unbranched alkanes of at least 4 members (excludes halogenated alkanes) is 4. The Morgan fingerprint density at radius 3 is 2.14 bits per heavy atom. The van der Waals surface area contributed by atoms with Crippen LogP contribution in [0, 0.1) is 0 Å².